The Hall–Kier alpha value is -2.40. The number of hydrogen-bond donors (Lipinski definition) is 3. The fourth-order valence-corrected chi connectivity index (χ4v) is 1.92. The number of benzene rings is 2. The zero-order valence-electron chi connectivity index (χ0n) is 10.8. The number of ether oxygens (including phenoxy) is 1. The minimum atomic E-state index is -0.327. The Morgan fingerprint density at radius 1 is 1.20 bits per heavy atom. The highest BCUT2D eigenvalue weighted by Crippen LogP contribution is 2.28. The molecule has 0 spiro atoms. The van der Waals surface area contributed by atoms with Crippen LogP contribution in [0.2, 0.25) is 5.02 Å². The van der Waals surface area contributed by atoms with E-state index >= 15 is 0 Å². The Morgan fingerprint density at radius 3 is 2.60 bits per heavy atom. The summed E-state index contributed by atoms with van der Waals surface area (Å²) < 4.78 is 5.09. The van der Waals surface area contributed by atoms with Gasteiger partial charge in [0, 0.05) is 23.1 Å². The van der Waals surface area contributed by atoms with Crippen molar-refractivity contribution >= 4 is 34.6 Å². The van der Waals surface area contributed by atoms with E-state index in [-0.39, 0.29) is 5.91 Å². The van der Waals surface area contributed by atoms with Crippen LogP contribution >= 0.6 is 11.6 Å². The number of nitrogens with two attached hydrogens (primary N) is 2. The van der Waals surface area contributed by atoms with Crippen molar-refractivity contribution in [3.05, 3.63) is 47.0 Å². The molecule has 2 rings (SSSR count). The molecule has 0 saturated carbocycles. The first-order chi connectivity index (χ1) is 9.51. The zero-order valence-corrected chi connectivity index (χ0v) is 11.6. The number of rotatable bonds is 3. The van der Waals surface area contributed by atoms with E-state index < -0.39 is 0 Å². The van der Waals surface area contributed by atoms with E-state index in [1.807, 2.05) is 0 Å². The Kier molecular flexibility index (Phi) is 4.00. The molecule has 0 aromatic heterocycles. The van der Waals surface area contributed by atoms with Gasteiger partial charge < -0.3 is 21.5 Å². The lowest BCUT2D eigenvalue weighted by Gasteiger charge is -2.10. The molecule has 5 N–H and O–H groups in total. The van der Waals surface area contributed by atoms with Crippen molar-refractivity contribution in [3.63, 3.8) is 0 Å². The quantitative estimate of drug-likeness (QED) is 0.758. The first-order valence-corrected chi connectivity index (χ1v) is 6.19. The Morgan fingerprint density at radius 2 is 1.95 bits per heavy atom. The van der Waals surface area contributed by atoms with Gasteiger partial charge in [-0.15, -0.1) is 0 Å². The van der Waals surface area contributed by atoms with E-state index in [0.717, 1.165) is 0 Å². The number of carbonyl (C=O) groups excluding carboxylic acids is 1. The van der Waals surface area contributed by atoms with Gasteiger partial charge in [-0.25, -0.2) is 0 Å². The largest absolute Gasteiger partial charge is 0.495 e. The van der Waals surface area contributed by atoms with E-state index in [2.05, 4.69) is 5.32 Å². The Labute approximate surface area is 121 Å². The smallest absolute Gasteiger partial charge is 0.257 e. The van der Waals surface area contributed by atoms with Crippen molar-refractivity contribution < 1.29 is 9.53 Å². The van der Waals surface area contributed by atoms with Crippen LogP contribution in [-0.2, 0) is 0 Å². The first-order valence-electron chi connectivity index (χ1n) is 5.81. The average molecular weight is 292 g/mol. The molecule has 104 valence electrons. The van der Waals surface area contributed by atoms with Crippen molar-refractivity contribution in [2.45, 2.75) is 0 Å². The third-order valence-corrected chi connectivity index (χ3v) is 3.04. The number of hydrogen-bond acceptors (Lipinski definition) is 4. The number of nitrogens with one attached hydrogen (secondary N) is 1. The third-order valence-electron chi connectivity index (χ3n) is 2.73. The van der Waals surface area contributed by atoms with Crippen molar-refractivity contribution in [2.75, 3.05) is 23.9 Å². The Balaban J connectivity index is 2.23. The van der Waals surface area contributed by atoms with Crippen molar-refractivity contribution in [2.24, 2.45) is 0 Å². The molecule has 0 fully saturated rings. The topological polar surface area (TPSA) is 90.4 Å². The normalized spacial score (nSPS) is 10.1. The van der Waals surface area contributed by atoms with Crippen LogP contribution in [0.1, 0.15) is 10.4 Å². The molecular weight excluding hydrogens is 278 g/mol. The van der Waals surface area contributed by atoms with Gasteiger partial charge in [-0.3, -0.25) is 4.79 Å². The molecule has 0 bridgehead atoms. The predicted octanol–water partition coefficient (Wildman–Crippen LogP) is 2.77. The van der Waals surface area contributed by atoms with Crippen LogP contribution in [0.5, 0.6) is 5.75 Å². The minimum absolute atomic E-state index is 0.323. The van der Waals surface area contributed by atoms with Gasteiger partial charge in [0.15, 0.2) is 0 Å². The van der Waals surface area contributed by atoms with Crippen LogP contribution in [0.4, 0.5) is 17.1 Å². The van der Waals surface area contributed by atoms with Crippen LogP contribution < -0.4 is 21.5 Å². The van der Waals surface area contributed by atoms with Crippen LogP contribution in [0.3, 0.4) is 0 Å². The Bertz CT molecular complexity index is 659. The van der Waals surface area contributed by atoms with E-state index in [0.29, 0.717) is 33.4 Å². The predicted molar refractivity (Wildman–Crippen MR) is 81.2 cm³/mol. The summed E-state index contributed by atoms with van der Waals surface area (Å²) >= 11 is 5.92. The lowest BCUT2D eigenvalue weighted by molar-refractivity contribution is 0.102. The molecular formula is C14H14ClN3O2. The number of anilines is 3. The SMILES string of the molecule is COc1cc(NC(=O)c2ccc(N)cc2N)ccc1Cl. The van der Waals surface area contributed by atoms with Gasteiger partial charge in [0.1, 0.15) is 5.75 Å². The number of halogens is 1. The summed E-state index contributed by atoms with van der Waals surface area (Å²) in [5, 5.41) is 3.19. The van der Waals surface area contributed by atoms with Gasteiger partial charge in [0.05, 0.1) is 17.7 Å². The minimum Gasteiger partial charge on any atom is -0.495 e. The second-order valence-electron chi connectivity index (χ2n) is 4.15. The number of amides is 1. The summed E-state index contributed by atoms with van der Waals surface area (Å²) in [5.41, 5.74) is 13.1. The molecule has 0 aliphatic carbocycles. The van der Waals surface area contributed by atoms with E-state index in [9.17, 15) is 4.79 Å². The van der Waals surface area contributed by atoms with Gasteiger partial charge in [0.25, 0.3) is 5.91 Å². The highest BCUT2D eigenvalue weighted by Gasteiger charge is 2.11. The van der Waals surface area contributed by atoms with Gasteiger partial charge in [-0.1, -0.05) is 11.6 Å². The van der Waals surface area contributed by atoms with Crippen LogP contribution in [0.25, 0.3) is 0 Å². The lowest BCUT2D eigenvalue weighted by Crippen LogP contribution is -2.14. The molecule has 0 atom stereocenters. The number of carbonyl (C=O) groups is 1. The molecule has 20 heavy (non-hydrogen) atoms. The van der Waals surface area contributed by atoms with Crippen LogP contribution in [0, 0.1) is 0 Å². The maximum atomic E-state index is 12.1. The van der Waals surface area contributed by atoms with Gasteiger partial charge >= 0.3 is 0 Å². The fourth-order valence-electron chi connectivity index (χ4n) is 1.72. The summed E-state index contributed by atoms with van der Waals surface area (Å²) in [6.07, 6.45) is 0. The molecule has 1 amide bonds. The molecule has 0 aliphatic rings. The van der Waals surface area contributed by atoms with Gasteiger partial charge in [-0.2, -0.15) is 0 Å². The zero-order chi connectivity index (χ0) is 14.7. The molecule has 0 radical (unpaired) electrons. The molecule has 0 aliphatic heterocycles. The summed E-state index contributed by atoms with van der Waals surface area (Å²) in [4.78, 5) is 12.1. The molecule has 2 aromatic carbocycles. The molecule has 0 unspecified atom stereocenters. The second-order valence-corrected chi connectivity index (χ2v) is 4.56. The first kappa shape index (κ1) is 14.0. The van der Waals surface area contributed by atoms with Crippen molar-refractivity contribution in [3.8, 4) is 5.75 Å². The molecule has 6 heteroatoms. The molecule has 0 heterocycles. The van der Waals surface area contributed by atoms with Crippen LogP contribution in [0.15, 0.2) is 36.4 Å². The second kappa shape index (κ2) is 5.71. The molecule has 2 aromatic rings. The van der Waals surface area contributed by atoms with E-state index in [1.54, 1.807) is 30.3 Å². The average Bonchev–Trinajstić information content (AvgIpc) is 2.40. The third kappa shape index (κ3) is 2.95. The summed E-state index contributed by atoms with van der Waals surface area (Å²) in [6.45, 7) is 0. The van der Waals surface area contributed by atoms with Crippen LogP contribution in [-0.4, -0.2) is 13.0 Å². The standard InChI is InChI=1S/C14H14ClN3O2/c1-20-13-7-9(3-5-11(13)15)18-14(19)10-4-2-8(16)6-12(10)17/h2-7H,16-17H2,1H3,(H,18,19). The van der Waals surface area contributed by atoms with E-state index in [1.165, 1.54) is 13.2 Å². The highest BCUT2D eigenvalue weighted by atomic mass is 35.5. The maximum Gasteiger partial charge on any atom is 0.257 e. The summed E-state index contributed by atoms with van der Waals surface area (Å²) in [6, 6.07) is 9.69. The lowest BCUT2D eigenvalue weighted by atomic mass is 10.1. The number of nitrogen functional groups attached to an aromatic ring is 2. The van der Waals surface area contributed by atoms with E-state index in [4.69, 9.17) is 27.8 Å². The van der Waals surface area contributed by atoms with Gasteiger partial charge in [-0.05, 0) is 30.3 Å². The molecule has 0 saturated heterocycles. The van der Waals surface area contributed by atoms with Crippen molar-refractivity contribution in [1.29, 1.82) is 0 Å². The highest BCUT2D eigenvalue weighted by molar-refractivity contribution is 6.32. The van der Waals surface area contributed by atoms with Gasteiger partial charge in [0.2, 0.25) is 0 Å². The maximum absolute atomic E-state index is 12.1. The van der Waals surface area contributed by atoms with Crippen molar-refractivity contribution in [1.82, 2.24) is 0 Å². The summed E-state index contributed by atoms with van der Waals surface area (Å²) in [7, 11) is 1.50. The number of methoxy groups -OCH3 is 1. The summed E-state index contributed by atoms with van der Waals surface area (Å²) in [5.74, 6) is 0.154. The monoisotopic (exact) mass is 291 g/mol. The molecule has 5 nitrogen and oxygen atoms in total. The fraction of sp³-hybridized carbons (Fsp3) is 0.0714.